The molecule has 0 saturated heterocycles. The molecule has 0 bridgehead atoms. The predicted molar refractivity (Wildman–Crippen MR) is 102 cm³/mol. The summed E-state index contributed by atoms with van der Waals surface area (Å²) in [6.45, 7) is 1.35. The topological polar surface area (TPSA) is 85.6 Å². The van der Waals surface area contributed by atoms with Crippen molar-refractivity contribution in [2.75, 3.05) is 6.61 Å². The highest BCUT2D eigenvalue weighted by molar-refractivity contribution is 6.09. The zero-order valence-electron chi connectivity index (χ0n) is 15.6. The van der Waals surface area contributed by atoms with Gasteiger partial charge in [-0.3, -0.25) is 14.4 Å². The monoisotopic (exact) mass is 395 g/mol. The van der Waals surface area contributed by atoms with E-state index in [-0.39, 0.29) is 36.4 Å². The first-order valence-corrected chi connectivity index (χ1v) is 8.82. The van der Waals surface area contributed by atoms with Gasteiger partial charge in [0.2, 0.25) is 11.7 Å². The fourth-order valence-electron chi connectivity index (χ4n) is 2.52. The first-order valence-electron chi connectivity index (χ1n) is 8.82. The highest BCUT2D eigenvalue weighted by Crippen LogP contribution is 2.17. The number of Topliss-reactive ketones (excluding diaryl/α,β-unsaturated/α-hetero) is 1. The minimum atomic E-state index is -0.409. The van der Waals surface area contributed by atoms with Crippen LogP contribution in [0.25, 0.3) is 0 Å². The van der Waals surface area contributed by atoms with E-state index in [0.29, 0.717) is 22.6 Å². The molecule has 6 nitrogen and oxygen atoms in total. The lowest BCUT2D eigenvalue weighted by Gasteiger charge is -2.06. The summed E-state index contributed by atoms with van der Waals surface area (Å²) in [7, 11) is 0. The molecule has 7 heteroatoms. The van der Waals surface area contributed by atoms with Crippen molar-refractivity contribution >= 4 is 17.5 Å². The van der Waals surface area contributed by atoms with E-state index in [4.69, 9.17) is 9.15 Å². The molecule has 148 valence electrons. The number of carbonyl (C=O) groups excluding carboxylic acids is 3. The summed E-state index contributed by atoms with van der Waals surface area (Å²) in [6.07, 6.45) is 0. The zero-order chi connectivity index (χ0) is 20.8. The van der Waals surface area contributed by atoms with E-state index in [1.54, 1.807) is 30.3 Å². The van der Waals surface area contributed by atoms with Crippen LogP contribution in [0.3, 0.4) is 0 Å². The number of rotatable bonds is 8. The molecule has 0 aliphatic carbocycles. The van der Waals surface area contributed by atoms with Gasteiger partial charge in [0.25, 0.3) is 0 Å². The van der Waals surface area contributed by atoms with Gasteiger partial charge in [-0.25, -0.2) is 4.39 Å². The van der Waals surface area contributed by atoms with Gasteiger partial charge in [-0.15, -0.1) is 0 Å². The Morgan fingerprint density at radius 2 is 1.55 bits per heavy atom. The van der Waals surface area contributed by atoms with E-state index in [2.05, 4.69) is 5.32 Å². The van der Waals surface area contributed by atoms with Crippen molar-refractivity contribution in [2.45, 2.75) is 13.5 Å². The molecule has 1 N–H and O–H groups in total. The van der Waals surface area contributed by atoms with Crippen LogP contribution in [0.4, 0.5) is 4.39 Å². The first kappa shape index (κ1) is 20.0. The van der Waals surface area contributed by atoms with Crippen LogP contribution in [0.5, 0.6) is 5.75 Å². The fraction of sp³-hybridized carbons (Fsp3) is 0.136. The molecule has 0 atom stereocenters. The van der Waals surface area contributed by atoms with Crippen molar-refractivity contribution in [1.82, 2.24) is 5.32 Å². The lowest BCUT2D eigenvalue weighted by Crippen LogP contribution is -2.18. The second-order valence-corrected chi connectivity index (χ2v) is 6.25. The van der Waals surface area contributed by atoms with Crippen LogP contribution in [0.2, 0.25) is 0 Å². The molecule has 2 aromatic carbocycles. The van der Waals surface area contributed by atoms with Gasteiger partial charge < -0.3 is 14.5 Å². The van der Waals surface area contributed by atoms with Crippen LogP contribution >= 0.6 is 0 Å². The molecule has 1 aromatic heterocycles. The fourth-order valence-corrected chi connectivity index (χ4v) is 2.52. The molecule has 0 aliphatic rings. The Balaban J connectivity index is 1.56. The third kappa shape index (κ3) is 5.38. The number of nitrogens with one attached hydrogen (secondary N) is 1. The largest absolute Gasteiger partial charge is 0.485 e. The van der Waals surface area contributed by atoms with Crippen LogP contribution in [0, 0.1) is 5.82 Å². The molecule has 1 heterocycles. The Morgan fingerprint density at radius 1 is 0.931 bits per heavy atom. The summed E-state index contributed by atoms with van der Waals surface area (Å²) in [5.74, 6) is -0.187. The summed E-state index contributed by atoms with van der Waals surface area (Å²) >= 11 is 0. The smallest absolute Gasteiger partial charge is 0.235 e. The number of ether oxygens (including phenoxy) is 1. The highest BCUT2D eigenvalue weighted by atomic mass is 19.1. The number of amides is 1. The van der Waals surface area contributed by atoms with E-state index in [9.17, 15) is 18.8 Å². The van der Waals surface area contributed by atoms with E-state index >= 15 is 0 Å². The van der Waals surface area contributed by atoms with Gasteiger partial charge in [0.05, 0.1) is 6.54 Å². The molecule has 0 unspecified atom stereocenters. The number of hydrogen-bond acceptors (Lipinski definition) is 5. The second-order valence-electron chi connectivity index (χ2n) is 6.25. The maximum Gasteiger partial charge on any atom is 0.235 e. The maximum atomic E-state index is 13.0. The number of halogens is 1. The van der Waals surface area contributed by atoms with Gasteiger partial charge >= 0.3 is 0 Å². The van der Waals surface area contributed by atoms with Crippen molar-refractivity contribution < 1.29 is 27.9 Å². The lowest BCUT2D eigenvalue weighted by atomic mass is 10.0. The quantitative estimate of drug-likeness (QED) is 0.590. The summed E-state index contributed by atoms with van der Waals surface area (Å²) in [5, 5.41) is 2.58. The Bertz CT molecular complexity index is 1020. The third-order valence-corrected chi connectivity index (χ3v) is 4.04. The Morgan fingerprint density at radius 3 is 2.17 bits per heavy atom. The van der Waals surface area contributed by atoms with E-state index in [1.165, 1.54) is 37.3 Å². The normalized spacial score (nSPS) is 10.4. The van der Waals surface area contributed by atoms with Gasteiger partial charge in [0.1, 0.15) is 17.3 Å². The third-order valence-electron chi connectivity index (χ3n) is 4.04. The van der Waals surface area contributed by atoms with E-state index in [0.717, 1.165) is 0 Å². The molecule has 29 heavy (non-hydrogen) atoms. The van der Waals surface area contributed by atoms with Gasteiger partial charge in [0, 0.05) is 18.1 Å². The molecular formula is C22H18FNO5. The molecule has 1 amide bonds. The first-order chi connectivity index (χ1) is 13.9. The number of ketones is 2. The van der Waals surface area contributed by atoms with Crippen LogP contribution in [-0.2, 0) is 11.3 Å². The van der Waals surface area contributed by atoms with Crippen molar-refractivity contribution in [3.8, 4) is 5.75 Å². The number of furan rings is 1. The molecule has 3 rings (SSSR count). The molecule has 0 spiro atoms. The van der Waals surface area contributed by atoms with E-state index in [1.807, 2.05) is 0 Å². The van der Waals surface area contributed by atoms with Crippen molar-refractivity contribution in [3.63, 3.8) is 0 Å². The zero-order valence-corrected chi connectivity index (χ0v) is 15.6. The average molecular weight is 395 g/mol. The van der Waals surface area contributed by atoms with Gasteiger partial charge in [0.15, 0.2) is 18.2 Å². The average Bonchev–Trinajstić information content (AvgIpc) is 3.20. The molecular weight excluding hydrogens is 377 g/mol. The predicted octanol–water partition coefficient (Wildman–Crippen LogP) is 3.55. The summed E-state index contributed by atoms with van der Waals surface area (Å²) < 4.78 is 23.8. The summed E-state index contributed by atoms with van der Waals surface area (Å²) in [5.41, 5.74) is 0.798. The minimum Gasteiger partial charge on any atom is -0.485 e. The van der Waals surface area contributed by atoms with Gasteiger partial charge in [-0.2, -0.15) is 0 Å². The van der Waals surface area contributed by atoms with Crippen LogP contribution in [0.1, 0.15) is 39.2 Å². The number of carbonyl (C=O) groups is 3. The number of hydrogen-bond donors (Lipinski definition) is 1. The highest BCUT2D eigenvalue weighted by Gasteiger charge is 2.13. The Labute approximate surface area is 166 Å². The van der Waals surface area contributed by atoms with Crippen LogP contribution in [0.15, 0.2) is 65.1 Å². The minimum absolute atomic E-state index is 0.133. The van der Waals surface area contributed by atoms with Crippen LogP contribution in [-0.4, -0.2) is 24.1 Å². The van der Waals surface area contributed by atoms with Gasteiger partial charge in [-0.05, 0) is 60.7 Å². The summed E-state index contributed by atoms with van der Waals surface area (Å²) in [4.78, 5) is 35.4. The van der Waals surface area contributed by atoms with E-state index < -0.39 is 5.82 Å². The standard InChI is InChI=1S/C22H18FNO5/c1-14(25)24-12-19-10-11-21(29-19)20(26)13-28-18-8-4-16(5-9-18)22(27)15-2-6-17(23)7-3-15/h2-11H,12-13H2,1H3,(H,24,25). The molecule has 0 aliphatic heterocycles. The van der Waals surface area contributed by atoms with Crippen molar-refractivity contribution in [1.29, 1.82) is 0 Å². The molecule has 0 radical (unpaired) electrons. The molecule has 0 saturated carbocycles. The molecule has 3 aromatic rings. The van der Waals surface area contributed by atoms with Crippen molar-refractivity contribution in [3.05, 3.63) is 89.1 Å². The van der Waals surface area contributed by atoms with Crippen molar-refractivity contribution in [2.24, 2.45) is 0 Å². The van der Waals surface area contributed by atoms with Gasteiger partial charge in [-0.1, -0.05) is 0 Å². The SMILES string of the molecule is CC(=O)NCc1ccc(C(=O)COc2ccc(C(=O)c3ccc(F)cc3)cc2)o1. The second kappa shape index (κ2) is 8.97. The van der Waals surface area contributed by atoms with Crippen LogP contribution < -0.4 is 10.1 Å². The molecule has 0 fully saturated rings. The number of benzene rings is 2. The Hall–Kier alpha value is -3.74. The Kier molecular flexibility index (Phi) is 6.19. The maximum absolute atomic E-state index is 13.0. The summed E-state index contributed by atoms with van der Waals surface area (Å²) in [6, 6.07) is 14.7. The lowest BCUT2D eigenvalue weighted by molar-refractivity contribution is -0.119.